The predicted molar refractivity (Wildman–Crippen MR) is 88.5 cm³/mol. The number of aromatic nitrogens is 6. The number of aromatic amines is 1. The first-order valence-corrected chi connectivity index (χ1v) is 8.27. The lowest BCUT2D eigenvalue weighted by Gasteiger charge is -2.15. The fourth-order valence-electron chi connectivity index (χ4n) is 2.48. The first-order chi connectivity index (χ1) is 12.4. The van der Waals surface area contributed by atoms with E-state index in [1.807, 2.05) is 0 Å². The highest BCUT2D eigenvalue weighted by Crippen LogP contribution is 2.30. The number of nitrogens with one attached hydrogen (secondary N) is 1. The molecule has 0 fully saturated rings. The Balaban J connectivity index is 1.81. The molecule has 3 aromatic heterocycles. The molecular formula is C15H9F3N6OS. The summed E-state index contributed by atoms with van der Waals surface area (Å²) in [5.74, 6) is -1.56. The van der Waals surface area contributed by atoms with E-state index >= 15 is 0 Å². The fourth-order valence-corrected chi connectivity index (χ4v) is 3.39. The third kappa shape index (κ3) is 2.79. The first kappa shape index (κ1) is 16.5. The zero-order chi connectivity index (χ0) is 18.3. The van der Waals surface area contributed by atoms with Gasteiger partial charge in [-0.3, -0.25) is 9.36 Å². The Kier molecular flexibility index (Phi) is 3.87. The molecule has 0 unspecified atom stereocenters. The van der Waals surface area contributed by atoms with E-state index in [-0.39, 0.29) is 16.8 Å². The maximum absolute atomic E-state index is 13.4. The van der Waals surface area contributed by atoms with Crippen molar-refractivity contribution in [2.24, 2.45) is 0 Å². The summed E-state index contributed by atoms with van der Waals surface area (Å²) in [4.78, 5) is 31.0. The van der Waals surface area contributed by atoms with E-state index in [0.29, 0.717) is 20.8 Å². The van der Waals surface area contributed by atoms with Crippen molar-refractivity contribution in [3.05, 3.63) is 53.1 Å². The standard InChI is InChI=1S/C15H9F3N6OS/c16-15(17,18)14-23-9-4-2-1-3-8(9)13(25)24(14)7-26-12-10-11(20-5-19-10)21-6-22-12/h1-6H,7H2,(H,19,20,21,22). The second-order valence-corrected chi connectivity index (χ2v) is 6.17. The number of para-hydroxylation sites is 1. The van der Waals surface area contributed by atoms with Crippen molar-refractivity contribution in [3.63, 3.8) is 0 Å². The van der Waals surface area contributed by atoms with Crippen molar-refractivity contribution >= 4 is 33.8 Å². The molecular weight excluding hydrogens is 369 g/mol. The van der Waals surface area contributed by atoms with Gasteiger partial charge in [0.15, 0.2) is 5.65 Å². The monoisotopic (exact) mass is 378 g/mol. The van der Waals surface area contributed by atoms with E-state index in [2.05, 4.69) is 24.9 Å². The van der Waals surface area contributed by atoms with Crippen LogP contribution in [0.15, 0.2) is 46.7 Å². The number of thioether (sulfide) groups is 1. The van der Waals surface area contributed by atoms with Crippen molar-refractivity contribution < 1.29 is 13.2 Å². The number of alkyl halides is 3. The molecule has 26 heavy (non-hydrogen) atoms. The average Bonchev–Trinajstić information content (AvgIpc) is 3.09. The van der Waals surface area contributed by atoms with E-state index in [9.17, 15) is 18.0 Å². The molecule has 0 bridgehead atoms. The van der Waals surface area contributed by atoms with Crippen LogP contribution in [0, 0.1) is 0 Å². The quantitative estimate of drug-likeness (QED) is 0.436. The molecule has 0 saturated carbocycles. The topological polar surface area (TPSA) is 89.3 Å². The van der Waals surface area contributed by atoms with Crippen LogP contribution in [0.25, 0.3) is 22.1 Å². The molecule has 0 atom stereocenters. The molecule has 4 aromatic rings. The minimum absolute atomic E-state index is 0.00377. The van der Waals surface area contributed by atoms with Crippen LogP contribution < -0.4 is 5.56 Å². The fraction of sp³-hybridized carbons (Fsp3) is 0.133. The number of hydrogen-bond acceptors (Lipinski definition) is 6. The Labute approximate surface area is 147 Å². The summed E-state index contributed by atoms with van der Waals surface area (Å²) in [5.41, 5.74) is 0.129. The SMILES string of the molecule is O=c1c2ccccc2nc(C(F)(F)F)n1CSc1ncnc2nc[nH]c12. The highest BCUT2D eigenvalue weighted by molar-refractivity contribution is 7.98. The van der Waals surface area contributed by atoms with Gasteiger partial charge >= 0.3 is 6.18 Å². The lowest BCUT2D eigenvalue weighted by Crippen LogP contribution is -2.29. The molecule has 0 saturated heterocycles. The minimum Gasteiger partial charge on any atom is -0.341 e. The molecule has 3 heterocycles. The summed E-state index contributed by atoms with van der Waals surface area (Å²) >= 11 is 0.961. The summed E-state index contributed by atoms with van der Waals surface area (Å²) in [6.45, 7) is 0. The first-order valence-electron chi connectivity index (χ1n) is 7.29. The van der Waals surface area contributed by atoms with Gasteiger partial charge in [0.1, 0.15) is 16.9 Å². The molecule has 0 aliphatic rings. The molecule has 0 amide bonds. The van der Waals surface area contributed by atoms with Crippen LogP contribution in [0.5, 0.6) is 0 Å². The maximum Gasteiger partial charge on any atom is 0.449 e. The second kappa shape index (κ2) is 6.09. The van der Waals surface area contributed by atoms with Crippen molar-refractivity contribution in [1.82, 2.24) is 29.5 Å². The number of nitrogens with zero attached hydrogens (tertiary/aromatic N) is 5. The van der Waals surface area contributed by atoms with Gasteiger partial charge in [0.25, 0.3) is 5.56 Å². The maximum atomic E-state index is 13.4. The van der Waals surface area contributed by atoms with Gasteiger partial charge in [-0.1, -0.05) is 23.9 Å². The normalized spacial score (nSPS) is 12.1. The molecule has 132 valence electrons. The smallest absolute Gasteiger partial charge is 0.341 e. The number of halogens is 3. The van der Waals surface area contributed by atoms with Crippen molar-refractivity contribution in [3.8, 4) is 0 Å². The zero-order valence-electron chi connectivity index (χ0n) is 12.9. The number of rotatable bonds is 3. The van der Waals surface area contributed by atoms with Crippen molar-refractivity contribution in [2.75, 3.05) is 0 Å². The van der Waals surface area contributed by atoms with Gasteiger partial charge in [0, 0.05) is 0 Å². The Morgan fingerprint density at radius 3 is 2.77 bits per heavy atom. The summed E-state index contributed by atoms with van der Waals surface area (Å²) in [7, 11) is 0. The zero-order valence-corrected chi connectivity index (χ0v) is 13.7. The third-order valence-electron chi connectivity index (χ3n) is 3.63. The molecule has 0 aliphatic heterocycles. The van der Waals surface area contributed by atoms with E-state index in [1.54, 1.807) is 6.07 Å². The van der Waals surface area contributed by atoms with E-state index in [4.69, 9.17) is 0 Å². The second-order valence-electron chi connectivity index (χ2n) is 5.24. The summed E-state index contributed by atoms with van der Waals surface area (Å²) < 4.78 is 40.8. The van der Waals surface area contributed by atoms with Crippen LogP contribution >= 0.6 is 11.8 Å². The Morgan fingerprint density at radius 2 is 1.96 bits per heavy atom. The van der Waals surface area contributed by atoms with Crippen LogP contribution in [0.1, 0.15) is 5.82 Å². The Bertz CT molecular complexity index is 1170. The van der Waals surface area contributed by atoms with Crippen LogP contribution in [-0.2, 0) is 12.1 Å². The number of fused-ring (bicyclic) bond motifs is 2. The molecule has 1 N–H and O–H groups in total. The van der Waals surface area contributed by atoms with Crippen molar-refractivity contribution in [2.45, 2.75) is 17.1 Å². The van der Waals surface area contributed by atoms with Gasteiger partial charge in [-0.2, -0.15) is 13.2 Å². The molecule has 0 aliphatic carbocycles. The van der Waals surface area contributed by atoms with Gasteiger partial charge in [-0.25, -0.2) is 19.9 Å². The van der Waals surface area contributed by atoms with Gasteiger partial charge in [-0.05, 0) is 12.1 Å². The molecule has 11 heteroatoms. The van der Waals surface area contributed by atoms with Crippen molar-refractivity contribution in [1.29, 1.82) is 0 Å². The molecule has 7 nitrogen and oxygen atoms in total. The number of H-pyrrole nitrogens is 1. The van der Waals surface area contributed by atoms with Gasteiger partial charge < -0.3 is 4.98 Å². The van der Waals surface area contributed by atoms with Crippen LogP contribution in [0.2, 0.25) is 0 Å². The minimum atomic E-state index is -4.77. The summed E-state index contributed by atoms with van der Waals surface area (Å²) in [5, 5.41) is 0.510. The lowest BCUT2D eigenvalue weighted by molar-refractivity contribution is -0.147. The van der Waals surface area contributed by atoms with Crippen LogP contribution in [0.4, 0.5) is 13.2 Å². The van der Waals surface area contributed by atoms with Gasteiger partial charge in [0.2, 0.25) is 5.82 Å². The molecule has 4 rings (SSSR count). The van der Waals surface area contributed by atoms with Crippen LogP contribution in [-0.4, -0.2) is 29.5 Å². The van der Waals surface area contributed by atoms with E-state index < -0.39 is 17.6 Å². The van der Waals surface area contributed by atoms with Crippen LogP contribution in [0.3, 0.4) is 0 Å². The van der Waals surface area contributed by atoms with E-state index in [1.165, 1.54) is 30.9 Å². The molecule has 0 spiro atoms. The van der Waals surface area contributed by atoms with Gasteiger partial charge in [0.05, 0.1) is 23.1 Å². The highest BCUT2D eigenvalue weighted by Gasteiger charge is 2.37. The summed E-state index contributed by atoms with van der Waals surface area (Å²) in [6, 6.07) is 5.93. The summed E-state index contributed by atoms with van der Waals surface area (Å²) in [6.07, 6.45) is -2.09. The number of hydrogen-bond donors (Lipinski definition) is 1. The lowest BCUT2D eigenvalue weighted by atomic mass is 10.2. The van der Waals surface area contributed by atoms with E-state index in [0.717, 1.165) is 11.8 Å². The largest absolute Gasteiger partial charge is 0.449 e. The highest BCUT2D eigenvalue weighted by atomic mass is 32.2. The Morgan fingerprint density at radius 1 is 1.15 bits per heavy atom. The third-order valence-corrected chi connectivity index (χ3v) is 4.60. The number of benzene rings is 1. The predicted octanol–water partition coefficient (Wildman–Crippen LogP) is 2.83. The average molecular weight is 378 g/mol. The van der Waals surface area contributed by atoms with Gasteiger partial charge in [-0.15, -0.1) is 0 Å². The number of imidazole rings is 1. The molecule has 0 radical (unpaired) electrons. The molecule has 1 aromatic carbocycles. The Hall–Kier alpha value is -2.95.